The first-order valence-corrected chi connectivity index (χ1v) is 7.69. The minimum atomic E-state index is 0.632. The third kappa shape index (κ3) is 2.72. The molecule has 0 atom stereocenters. The lowest BCUT2D eigenvalue weighted by atomic mass is 10.1. The zero-order chi connectivity index (χ0) is 17.2. The number of imidazole rings is 1. The molecule has 0 aliphatic heterocycles. The Morgan fingerprint density at radius 1 is 1.24 bits per heavy atom. The summed E-state index contributed by atoms with van der Waals surface area (Å²) in [6.07, 6.45) is 7.15. The molecule has 122 valence electrons. The maximum atomic E-state index is 4.56. The largest absolute Gasteiger partial charge is 0.321 e. The number of pyridine rings is 2. The lowest BCUT2D eigenvalue weighted by Gasteiger charge is -1.99. The molecule has 7 nitrogen and oxygen atoms in total. The predicted octanol–water partition coefficient (Wildman–Crippen LogP) is 1.05. The fraction of sp³-hybridized carbons (Fsp3) is 0.0556. The quantitative estimate of drug-likeness (QED) is 0.549. The number of nitrogens with zero attached hydrogens (tertiary/aromatic N) is 5. The first-order chi connectivity index (χ1) is 12.3. The molecule has 2 N–H and O–H groups in total. The number of aliphatic imine (C=N–C) groups is 1. The predicted molar refractivity (Wildman–Crippen MR) is 97.4 cm³/mol. The van der Waals surface area contributed by atoms with E-state index in [-0.39, 0.29) is 0 Å². The first kappa shape index (κ1) is 14.9. The van der Waals surface area contributed by atoms with Crippen LogP contribution in [0.2, 0.25) is 0 Å². The number of aromatic nitrogens is 6. The van der Waals surface area contributed by atoms with Crippen LogP contribution in [-0.4, -0.2) is 42.9 Å². The summed E-state index contributed by atoms with van der Waals surface area (Å²) in [7, 11) is 1.74. The maximum absolute atomic E-state index is 4.56. The fourth-order valence-corrected chi connectivity index (χ4v) is 2.61. The Kier molecular flexibility index (Phi) is 3.66. The van der Waals surface area contributed by atoms with E-state index in [0.29, 0.717) is 22.5 Å². The normalized spacial score (nSPS) is 12.8. The van der Waals surface area contributed by atoms with Crippen LogP contribution in [0, 0.1) is 0 Å². The highest BCUT2D eigenvalue weighted by molar-refractivity contribution is 6.20. The van der Waals surface area contributed by atoms with Crippen LogP contribution in [0.5, 0.6) is 0 Å². The SMILES string of the molecule is C=c1[nH]nc(-c2nc3cccnc3[nH]2)/c1=C/C(=N\C)c1cccnc1. The summed E-state index contributed by atoms with van der Waals surface area (Å²) >= 11 is 0. The van der Waals surface area contributed by atoms with Gasteiger partial charge in [0, 0.05) is 36.4 Å². The Balaban J connectivity index is 1.89. The highest BCUT2D eigenvalue weighted by Gasteiger charge is 2.11. The van der Waals surface area contributed by atoms with Crippen molar-refractivity contribution in [3.63, 3.8) is 0 Å². The standard InChI is InChI=1S/C18H15N7/c1-11-13(9-15(19-2)12-5-3-7-20-10-12)16(25-24-11)18-22-14-6-4-8-21-17(14)23-18/h3-10,24H,1H2,2H3,(H,21,22,23)/b13-9+,19-15+. The fourth-order valence-electron chi connectivity index (χ4n) is 2.61. The summed E-state index contributed by atoms with van der Waals surface area (Å²) in [6.45, 7) is 4.02. The molecule has 0 aromatic carbocycles. The molecule has 4 aromatic heterocycles. The van der Waals surface area contributed by atoms with Gasteiger partial charge in [0.1, 0.15) is 11.2 Å². The Hall–Kier alpha value is -3.61. The van der Waals surface area contributed by atoms with E-state index in [1.165, 1.54) is 0 Å². The van der Waals surface area contributed by atoms with Crippen molar-refractivity contribution < 1.29 is 0 Å². The highest BCUT2D eigenvalue weighted by atomic mass is 15.1. The van der Waals surface area contributed by atoms with Crippen LogP contribution in [0.4, 0.5) is 0 Å². The Morgan fingerprint density at radius 3 is 2.88 bits per heavy atom. The van der Waals surface area contributed by atoms with Gasteiger partial charge < -0.3 is 4.98 Å². The van der Waals surface area contributed by atoms with Crippen LogP contribution in [0.15, 0.2) is 47.8 Å². The molecule has 0 aliphatic rings. The van der Waals surface area contributed by atoms with Crippen molar-refractivity contribution in [1.82, 2.24) is 30.1 Å². The van der Waals surface area contributed by atoms with Gasteiger partial charge in [0.05, 0.1) is 11.1 Å². The molecule has 0 saturated heterocycles. The third-order valence-corrected chi connectivity index (χ3v) is 3.84. The van der Waals surface area contributed by atoms with Crippen LogP contribution >= 0.6 is 0 Å². The molecule has 7 heteroatoms. The summed E-state index contributed by atoms with van der Waals surface area (Å²) in [5.41, 5.74) is 3.88. The zero-order valence-electron chi connectivity index (χ0n) is 13.6. The molecule has 0 aliphatic carbocycles. The maximum Gasteiger partial charge on any atom is 0.160 e. The number of H-pyrrole nitrogens is 2. The van der Waals surface area contributed by atoms with Gasteiger partial charge >= 0.3 is 0 Å². The van der Waals surface area contributed by atoms with Gasteiger partial charge in [-0.15, -0.1) is 0 Å². The van der Waals surface area contributed by atoms with E-state index >= 15 is 0 Å². The van der Waals surface area contributed by atoms with Gasteiger partial charge in [-0.3, -0.25) is 15.1 Å². The van der Waals surface area contributed by atoms with E-state index < -0.39 is 0 Å². The topological polar surface area (TPSA) is 95.5 Å². The highest BCUT2D eigenvalue weighted by Crippen LogP contribution is 2.13. The molecular weight excluding hydrogens is 314 g/mol. The average Bonchev–Trinajstić information content (AvgIpc) is 3.23. The van der Waals surface area contributed by atoms with E-state index in [4.69, 9.17) is 0 Å². The summed E-state index contributed by atoms with van der Waals surface area (Å²) in [6, 6.07) is 7.58. The molecule has 0 unspecified atom stereocenters. The monoisotopic (exact) mass is 329 g/mol. The molecule has 4 aromatic rings. The first-order valence-electron chi connectivity index (χ1n) is 7.69. The summed E-state index contributed by atoms with van der Waals surface area (Å²) in [4.78, 5) is 20.5. The van der Waals surface area contributed by atoms with Crippen LogP contribution in [0.1, 0.15) is 5.56 Å². The van der Waals surface area contributed by atoms with Crippen molar-refractivity contribution in [2.45, 2.75) is 0 Å². The number of hydrogen-bond donors (Lipinski definition) is 2. The van der Waals surface area contributed by atoms with Gasteiger partial charge in [0.15, 0.2) is 11.5 Å². The van der Waals surface area contributed by atoms with Gasteiger partial charge in [0.25, 0.3) is 0 Å². The van der Waals surface area contributed by atoms with Gasteiger partial charge in [0.2, 0.25) is 0 Å². The van der Waals surface area contributed by atoms with Gasteiger partial charge in [-0.05, 0) is 30.3 Å². The van der Waals surface area contributed by atoms with Crippen molar-refractivity contribution in [2.24, 2.45) is 4.99 Å². The lowest BCUT2D eigenvalue weighted by molar-refractivity contribution is 1.06. The number of nitrogens with one attached hydrogen (secondary N) is 2. The van der Waals surface area contributed by atoms with Crippen LogP contribution < -0.4 is 10.6 Å². The van der Waals surface area contributed by atoms with Crippen molar-refractivity contribution >= 4 is 29.5 Å². The second-order valence-corrected chi connectivity index (χ2v) is 5.42. The minimum absolute atomic E-state index is 0.632. The molecule has 4 heterocycles. The Morgan fingerprint density at radius 2 is 2.12 bits per heavy atom. The molecule has 0 fully saturated rings. The Labute approximate surface area is 142 Å². The molecule has 0 spiro atoms. The second kappa shape index (κ2) is 6.12. The van der Waals surface area contributed by atoms with Crippen LogP contribution in [0.25, 0.3) is 35.3 Å². The third-order valence-electron chi connectivity index (χ3n) is 3.84. The van der Waals surface area contributed by atoms with Gasteiger partial charge in [-0.25, -0.2) is 9.97 Å². The molecule has 0 saturated carbocycles. The number of aromatic amines is 2. The molecule has 0 bridgehead atoms. The average molecular weight is 329 g/mol. The Bertz CT molecular complexity index is 1140. The number of fused-ring (bicyclic) bond motifs is 1. The second-order valence-electron chi connectivity index (χ2n) is 5.42. The molecule has 4 rings (SSSR count). The van der Waals surface area contributed by atoms with Crippen molar-refractivity contribution in [2.75, 3.05) is 7.05 Å². The summed E-state index contributed by atoms with van der Waals surface area (Å²) < 4.78 is 0. The molecule has 0 radical (unpaired) electrons. The van der Waals surface area contributed by atoms with Crippen molar-refractivity contribution in [3.05, 3.63) is 59.0 Å². The minimum Gasteiger partial charge on any atom is -0.321 e. The van der Waals surface area contributed by atoms with E-state index in [1.54, 1.807) is 25.6 Å². The summed E-state index contributed by atoms with van der Waals surface area (Å²) in [5, 5.41) is 8.78. The van der Waals surface area contributed by atoms with Gasteiger partial charge in [-0.2, -0.15) is 5.10 Å². The molecule has 0 amide bonds. The number of hydrogen-bond acceptors (Lipinski definition) is 5. The smallest absolute Gasteiger partial charge is 0.160 e. The van der Waals surface area contributed by atoms with E-state index in [2.05, 4.69) is 41.7 Å². The van der Waals surface area contributed by atoms with Gasteiger partial charge in [-0.1, -0.05) is 6.58 Å². The van der Waals surface area contributed by atoms with Crippen molar-refractivity contribution in [3.8, 4) is 11.5 Å². The van der Waals surface area contributed by atoms with Crippen molar-refractivity contribution in [1.29, 1.82) is 0 Å². The van der Waals surface area contributed by atoms with E-state index in [9.17, 15) is 0 Å². The van der Waals surface area contributed by atoms with E-state index in [0.717, 1.165) is 22.0 Å². The van der Waals surface area contributed by atoms with Crippen LogP contribution in [-0.2, 0) is 0 Å². The summed E-state index contributed by atoms with van der Waals surface area (Å²) in [5.74, 6) is 0.632. The van der Waals surface area contributed by atoms with Crippen LogP contribution in [0.3, 0.4) is 0 Å². The van der Waals surface area contributed by atoms with E-state index in [1.807, 2.05) is 30.3 Å². The lowest BCUT2D eigenvalue weighted by Crippen LogP contribution is -2.24. The molecule has 25 heavy (non-hydrogen) atoms. The molecular formula is C18H15N7. The number of rotatable bonds is 3. The zero-order valence-corrected chi connectivity index (χ0v) is 13.6.